The van der Waals surface area contributed by atoms with Gasteiger partial charge in [0, 0.05) is 10.8 Å². The van der Waals surface area contributed by atoms with E-state index in [1.807, 2.05) is 48.5 Å². The van der Waals surface area contributed by atoms with E-state index in [1.165, 1.54) is 5.56 Å². The fourth-order valence-electron chi connectivity index (χ4n) is 2.06. The molecule has 3 aromatic rings. The number of thiazole rings is 1. The van der Waals surface area contributed by atoms with Gasteiger partial charge in [0.25, 0.3) is 0 Å². The first kappa shape index (κ1) is 16.3. The van der Waals surface area contributed by atoms with Crippen molar-refractivity contribution in [1.29, 1.82) is 0 Å². The van der Waals surface area contributed by atoms with E-state index in [9.17, 15) is 4.79 Å². The van der Waals surface area contributed by atoms with Crippen LogP contribution >= 0.6 is 34.7 Å². The molecule has 1 heterocycles. The van der Waals surface area contributed by atoms with E-state index in [2.05, 4.69) is 10.3 Å². The van der Waals surface area contributed by atoms with Crippen molar-refractivity contribution in [2.45, 2.75) is 12.3 Å². The first-order chi connectivity index (χ1) is 11.2. The maximum absolute atomic E-state index is 11.9. The van der Waals surface area contributed by atoms with Gasteiger partial charge < -0.3 is 5.32 Å². The molecule has 3 rings (SSSR count). The zero-order valence-electron chi connectivity index (χ0n) is 12.3. The third-order valence-electron chi connectivity index (χ3n) is 3.19. The Morgan fingerprint density at radius 2 is 1.96 bits per heavy atom. The second-order valence-corrected chi connectivity index (χ2v) is 7.51. The van der Waals surface area contributed by atoms with E-state index in [0.29, 0.717) is 12.3 Å². The summed E-state index contributed by atoms with van der Waals surface area (Å²) in [5, 5.41) is 4.58. The number of amides is 1. The van der Waals surface area contributed by atoms with Crippen LogP contribution in [0.3, 0.4) is 0 Å². The molecule has 1 N–H and O–H groups in total. The quantitative estimate of drug-likeness (QED) is 0.702. The van der Waals surface area contributed by atoms with Crippen LogP contribution in [0.15, 0.2) is 48.5 Å². The van der Waals surface area contributed by atoms with Crippen LogP contribution < -0.4 is 5.32 Å². The van der Waals surface area contributed by atoms with E-state index in [1.54, 1.807) is 23.1 Å². The average Bonchev–Trinajstić information content (AvgIpc) is 2.98. The SMILES string of the molecule is O=C(CSCc1ccc(Cl)cc1)NCc1nc2ccccc2s1. The van der Waals surface area contributed by atoms with Gasteiger partial charge in [0.1, 0.15) is 5.01 Å². The Hall–Kier alpha value is -1.56. The Morgan fingerprint density at radius 1 is 1.17 bits per heavy atom. The molecule has 0 fully saturated rings. The fraction of sp³-hybridized carbons (Fsp3) is 0.176. The predicted molar refractivity (Wildman–Crippen MR) is 99.1 cm³/mol. The number of fused-ring (bicyclic) bond motifs is 1. The first-order valence-corrected chi connectivity index (χ1v) is 9.49. The summed E-state index contributed by atoms with van der Waals surface area (Å²) < 4.78 is 1.15. The van der Waals surface area contributed by atoms with E-state index >= 15 is 0 Å². The molecule has 0 unspecified atom stereocenters. The lowest BCUT2D eigenvalue weighted by atomic mass is 10.2. The van der Waals surface area contributed by atoms with E-state index in [4.69, 9.17) is 11.6 Å². The highest BCUT2D eigenvalue weighted by atomic mass is 35.5. The van der Waals surface area contributed by atoms with Gasteiger partial charge in [-0.05, 0) is 29.8 Å². The van der Waals surface area contributed by atoms with Gasteiger partial charge in [-0.15, -0.1) is 23.1 Å². The highest BCUT2D eigenvalue weighted by Gasteiger charge is 2.06. The fourth-order valence-corrected chi connectivity index (χ4v) is 3.91. The topological polar surface area (TPSA) is 42.0 Å². The number of aromatic nitrogens is 1. The molecule has 23 heavy (non-hydrogen) atoms. The normalized spacial score (nSPS) is 10.8. The van der Waals surface area contributed by atoms with Crippen LogP contribution in [0, 0.1) is 0 Å². The molecule has 0 spiro atoms. The summed E-state index contributed by atoms with van der Waals surface area (Å²) in [4.78, 5) is 16.4. The lowest BCUT2D eigenvalue weighted by molar-refractivity contribution is -0.118. The summed E-state index contributed by atoms with van der Waals surface area (Å²) in [6.45, 7) is 0.486. The molecule has 118 valence electrons. The second-order valence-electron chi connectivity index (χ2n) is 4.97. The molecule has 0 atom stereocenters. The van der Waals surface area contributed by atoms with Gasteiger partial charge in [-0.3, -0.25) is 4.79 Å². The van der Waals surface area contributed by atoms with E-state index in [-0.39, 0.29) is 5.91 Å². The number of nitrogens with zero attached hydrogens (tertiary/aromatic N) is 1. The monoisotopic (exact) mass is 362 g/mol. The number of nitrogens with one attached hydrogen (secondary N) is 1. The molecule has 0 bridgehead atoms. The minimum absolute atomic E-state index is 0.0308. The van der Waals surface area contributed by atoms with Crippen LogP contribution in [-0.4, -0.2) is 16.6 Å². The molecular formula is C17H15ClN2OS2. The van der Waals surface area contributed by atoms with Crippen molar-refractivity contribution in [3.8, 4) is 0 Å². The first-order valence-electron chi connectivity index (χ1n) is 7.14. The lowest BCUT2D eigenvalue weighted by Crippen LogP contribution is -2.24. The van der Waals surface area contributed by atoms with E-state index in [0.717, 1.165) is 26.0 Å². The Kier molecular flexibility index (Phi) is 5.54. The van der Waals surface area contributed by atoms with E-state index < -0.39 is 0 Å². The number of halogens is 1. The van der Waals surface area contributed by atoms with Crippen LogP contribution in [0.25, 0.3) is 10.2 Å². The third-order valence-corrected chi connectivity index (χ3v) is 5.48. The smallest absolute Gasteiger partial charge is 0.230 e. The lowest BCUT2D eigenvalue weighted by Gasteiger charge is -2.04. The molecule has 1 aromatic heterocycles. The van der Waals surface area contributed by atoms with Crippen molar-refractivity contribution in [3.05, 3.63) is 64.1 Å². The molecule has 1 amide bonds. The number of benzene rings is 2. The van der Waals surface area contributed by atoms with Crippen molar-refractivity contribution in [2.75, 3.05) is 5.75 Å². The molecule has 0 aliphatic carbocycles. The van der Waals surface area contributed by atoms with Crippen LogP contribution in [0.5, 0.6) is 0 Å². The molecule has 3 nitrogen and oxygen atoms in total. The highest BCUT2D eigenvalue weighted by molar-refractivity contribution is 7.99. The number of hydrogen-bond donors (Lipinski definition) is 1. The van der Waals surface area contributed by atoms with Crippen molar-refractivity contribution < 1.29 is 4.79 Å². The highest BCUT2D eigenvalue weighted by Crippen LogP contribution is 2.21. The third kappa shape index (κ3) is 4.70. The van der Waals surface area contributed by atoms with Crippen molar-refractivity contribution in [2.24, 2.45) is 0 Å². The largest absolute Gasteiger partial charge is 0.349 e. The molecule has 0 aliphatic heterocycles. The number of carbonyl (C=O) groups excluding carboxylic acids is 1. The Labute approximate surface area is 148 Å². The Balaban J connectivity index is 1.43. The van der Waals surface area contributed by atoms with Crippen LogP contribution in [0.4, 0.5) is 0 Å². The van der Waals surface area contributed by atoms with Crippen molar-refractivity contribution in [3.63, 3.8) is 0 Å². The minimum Gasteiger partial charge on any atom is -0.349 e. The second kappa shape index (κ2) is 7.81. The number of rotatable bonds is 6. The molecule has 2 aromatic carbocycles. The molecule has 0 aliphatic rings. The molecule has 0 radical (unpaired) electrons. The Bertz CT molecular complexity index is 769. The minimum atomic E-state index is 0.0308. The van der Waals surface area contributed by atoms with Gasteiger partial charge in [-0.25, -0.2) is 4.98 Å². The summed E-state index contributed by atoms with van der Waals surface area (Å²) in [6, 6.07) is 15.7. The van der Waals surface area contributed by atoms with Gasteiger partial charge >= 0.3 is 0 Å². The van der Waals surface area contributed by atoms with Crippen molar-refractivity contribution >= 4 is 50.8 Å². The van der Waals surface area contributed by atoms with Gasteiger partial charge in [0.05, 0.1) is 22.5 Å². The van der Waals surface area contributed by atoms with Gasteiger partial charge in [0.15, 0.2) is 0 Å². The zero-order valence-corrected chi connectivity index (χ0v) is 14.7. The molecule has 0 saturated heterocycles. The average molecular weight is 363 g/mol. The summed E-state index contributed by atoms with van der Waals surface area (Å²) >= 11 is 9.05. The number of thioether (sulfide) groups is 1. The molecule has 0 saturated carbocycles. The number of hydrogen-bond acceptors (Lipinski definition) is 4. The van der Waals surface area contributed by atoms with Crippen LogP contribution in [-0.2, 0) is 17.1 Å². The standard InChI is InChI=1S/C17H15ClN2OS2/c18-13-7-5-12(6-8-13)10-22-11-16(21)19-9-17-20-14-3-1-2-4-15(14)23-17/h1-8H,9-11H2,(H,19,21). The molecular weight excluding hydrogens is 348 g/mol. The van der Waals surface area contributed by atoms with Gasteiger partial charge in [-0.1, -0.05) is 35.9 Å². The predicted octanol–water partition coefficient (Wildman–Crippen LogP) is 4.50. The number of para-hydroxylation sites is 1. The Morgan fingerprint density at radius 3 is 2.74 bits per heavy atom. The maximum Gasteiger partial charge on any atom is 0.230 e. The summed E-state index contributed by atoms with van der Waals surface area (Å²) in [6.07, 6.45) is 0. The summed E-state index contributed by atoms with van der Waals surface area (Å²) in [5.41, 5.74) is 2.15. The maximum atomic E-state index is 11.9. The van der Waals surface area contributed by atoms with Crippen molar-refractivity contribution in [1.82, 2.24) is 10.3 Å². The van der Waals surface area contributed by atoms with Crippen LogP contribution in [0.2, 0.25) is 5.02 Å². The van der Waals surface area contributed by atoms with Crippen LogP contribution in [0.1, 0.15) is 10.6 Å². The molecule has 6 heteroatoms. The van der Waals surface area contributed by atoms with Gasteiger partial charge in [0.2, 0.25) is 5.91 Å². The summed E-state index contributed by atoms with van der Waals surface area (Å²) in [5.74, 6) is 1.27. The van der Waals surface area contributed by atoms with Gasteiger partial charge in [-0.2, -0.15) is 0 Å². The zero-order chi connectivity index (χ0) is 16.1. The summed E-state index contributed by atoms with van der Waals surface area (Å²) in [7, 11) is 0. The number of carbonyl (C=O) groups is 1.